The molecule has 7 heteroatoms. The fourth-order valence-corrected chi connectivity index (χ4v) is 0.694. The number of rotatable bonds is 5. The van der Waals surface area contributed by atoms with E-state index >= 15 is 0 Å². The van der Waals surface area contributed by atoms with Crippen molar-refractivity contribution in [3.8, 4) is 0 Å². The van der Waals surface area contributed by atoms with Crippen LogP contribution in [-0.4, -0.2) is 62.5 Å². The van der Waals surface area contributed by atoms with Crippen molar-refractivity contribution in [2.24, 2.45) is 5.73 Å². The summed E-state index contributed by atoms with van der Waals surface area (Å²) in [4.78, 5) is 10.2. The highest BCUT2D eigenvalue weighted by molar-refractivity contribution is 5.74. The third kappa shape index (κ3) is 3.25. The lowest BCUT2D eigenvalue weighted by Gasteiger charge is -2.23. The summed E-state index contributed by atoms with van der Waals surface area (Å²) in [7, 11) is 0. The summed E-state index contributed by atoms with van der Waals surface area (Å²) >= 11 is 0. The molecular formula is C6H13NO6. The number of carboxylic acids is 1. The zero-order chi connectivity index (χ0) is 10.6. The van der Waals surface area contributed by atoms with Crippen LogP contribution in [0.4, 0.5) is 0 Å². The molecule has 78 valence electrons. The Morgan fingerprint density at radius 2 is 1.69 bits per heavy atom. The van der Waals surface area contributed by atoms with Crippen LogP contribution in [0.3, 0.4) is 0 Å². The first kappa shape index (κ1) is 12.3. The summed E-state index contributed by atoms with van der Waals surface area (Å²) in [5, 5.41) is 43.5. The second-order valence-electron chi connectivity index (χ2n) is 2.60. The maximum atomic E-state index is 10.2. The van der Waals surface area contributed by atoms with E-state index in [0.29, 0.717) is 0 Å². The minimum Gasteiger partial charge on any atom is -0.480 e. The largest absolute Gasteiger partial charge is 0.480 e. The Labute approximate surface area is 74.0 Å². The molecule has 13 heavy (non-hydrogen) atoms. The quantitative estimate of drug-likeness (QED) is 0.266. The van der Waals surface area contributed by atoms with Gasteiger partial charge in [-0.05, 0) is 0 Å². The van der Waals surface area contributed by atoms with Gasteiger partial charge in [0.25, 0.3) is 0 Å². The fraction of sp³-hybridized carbons (Fsp3) is 0.833. The zero-order valence-corrected chi connectivity index (χ0v) is 6.74. The van der Waals surface area contributed by atoms with Gasteiger partial charge in [0.15, 0.2) is 0 Å². The van der Waals surface area contributed by atoms with Gasteiger partial charge in [-0.2, -0.15) is 0 Å². The molecule has 0 aliphatic heterocycles. The number of hydrogen-bond donors (Lipinski definition) is 6. The smallest absolute Gasteiger partial charge is 0.323 e. The summed E-state index contributed by atoms with van der Waals surface area (Å²) in [5.41, 5.74) is 4.95. The third-order valence-electron chi connectivity index (χ3n) is 1.58. The average molecular weight is 195 g/mol. The van der Waals surface area contributed by atoms with Crippen LogP contribution in [0, 0.1) is 0 Å². The lowest BCUT2D eigenvalue weighted by molar-refractivity contribution is -0.146. The third-order valence-corrected chi connectivity index (χ3v) is 1.58. The second kappa shape index (κ2) is 5.10. The van der Waals surface area contributed by atoms with Crippen molar-refractivity contribution in [2.75, 3.05) is 6.61 Å². The lowest BCUT2D eigenvalue weighted by atomic mass is 10.0. The highest BCUT2D eigenvalue weighted by Crippen LogP contribution is 2.03. The van der Waals surface area contributed by atoms with E-state index in [1.165, 1.54) is 0 Å². The van der Waals surface area contributed by atoms with Crippen LogP contribution in [0.25, 0.3) is 0 Å². The molecular weight excluding hydrogens is 182 g/mol. The Bertz CT molecular complexity index is 175. The van der Waals surface area contributed by atoms with E-state index in [9.17, 15) is 4.79 Å². The maximum Gasteiger partial charge on any atom is 0.323 e. The second-order valence-corrected chi connectivity index (χ2v) is 2.60. The highest BCUT2D eigenvalue weighted by atomic mass is 16.4. The Kier molecular flexibility index (Phi) is 4.81. The van der Waals surface area contributed by atoms with Crippen molar-refractivity contribution in [1.29, 1.82) is 0 Å². The summed E-state index contributed by atoms with van der Waals surface area (Å²) < 4.78 is 0. The minimum atomic E-state index is -1.82. The van der Waals surface area contributed by atoms with E-state index in [1.807, 2.05) is 0 Å². The van der Waals surface area contributed by atoms with Gasteiger partial charge in [0.2, 0.25) is 0 Å². The SMILES string of the molecule is N[C@H](C(=O)O)[C@@H](O)[C@@H](O)[C@H](O)CO. The lowest BCUT2D eigenvalue weighted by Crippen LogP contribution is -2.52. The fourth-order valence-electron chi connectivity index (χ4n) is 0.694. The molecule has 0 radical (unpaired) electrons. The molecule has 7 nitrogen and oxygen atoms in total. The van der Waals surface area contributed by atoms with E-state index in [0.717, 1.165) is 0 Å². The van der Waals surface area contributed by atoms with Crippen molar-refractivity contribution < 1.29 is 30.3 Å². The van der Waals surface area contributed by atoms with E-state index < -0.39 is 36.9 Å². The molecule has 0 fully saturated rings. The predicted octanol–water partition coefficient (Wildman–Crippen LogP) is -3.53. The monoisotopic (exact) mass is 195 g/mol. The van der Waals surface area contributed by atoms with E-state index in [4.69, 9.17) is 31.3 Å². The first-order valence-corrected chi connectivity index (χ1v) is 3.55. The molecule has 0 rings (SSSR count). The summed E-state index contributed by atoms with van der Waals surface area (Å²) in [6, 6.07) is -1.70. The molecule has 0 unspecified atom stereocenters. The van der Waals surface area contributed by atoms with Gasteiger partial charge >= 0.3 is 5.97 Å². The molecule has 0 aliphatic carbocycles. The van der Waals surface area contributed by atoms with E-state index in [2.05, 4.69) is 0 Å². The normalized spacial score (nSPS) is 20.4. The zero-order valence-electron chi connectivity index (χ0n) is 6.74. The molecule has 0 amide bonds. The van der Waals surface area contributed by atoms with Gasteiger partial charge in [0.05, 0.1) is 6.61 Å². The Hall–Kier alpha value is -0.730. The van der Waals surface area contributed by atoms with Crippen LogP contribution >= 0.6 is 0 Å². The van der Waals surface area contributed by atoms with Crippen LogP contribution in [0.1, 0.15) is 0 Å². The topological polar surface area (TPSA) is 144 Å². The molecule has 0 aromatic heterocycles. The number of carbonyl (C=O) groups is 1. The first-order chi connectivity index (χ1) is 5.91. The number of hydrogen-bond acceptors (Lipinski definition) is 6. The van der Waals surface area contributed by atoms with Crippen molar-refractivity contribution in [2.45, 2.75) is 24.4 Å². The van der Waals surface area contributed by atoms with Gasteiger partial charge in [-0.25, -0.2) is 0 Å². The molecule has 0 saturated heterocycles. The van der Waals surface area contributed by atoms with Gasteiger partial charge in [-0.15, -0.1) is 0 Å². The number of aliphatic hydroxyl groups excluding tert-OH is 4. The van der Waals surface area contributed by atoms with Crippen LogP contribution in [0.15, 0.2) is 0 Å². The summed E-state index contributed by atoms with van der Waals surface area (Å²) in [6.45, 7) is -0.787. The Balaban J connectivity index is 4.24. The Morgan fingerprint density at radius 1 is 1.23 bits per heavy atom. The van der Waals surface area contributed by atoms with Crippen molar-refractivity contribution >= 4 is 5.97 Å². The van der Waals surface area contributed by atoms with Crippen molar-refractivity contribution in [1.82, 2.24) is 0 Å². The van der Waals surface area contributed by atoms with Gasteiger partial charge in [0.1, 0.15) is 24.4 Å². The standard InChI is InChI=1S/C6H13NO6/c7-3(6(12)13)5(11)4(10)2(9)1-8/h2-5,8-11H,1,7H2,(H,12,13)/t2-,3+,4+,5-/m1/s1. The summed E-state index contributed by atoms with van der Waals surface area (Å²) in [5.74, 6) is -1.50. The first-order valence-electron chi connectivity index (χ1n) is 3.55. The molecule has 0 aromatic rings. The average Bonchev–Trinajstić information content (AvgIpc) is 2.12. The molecule has 4 atom stereocenters. The molecule has 0 bridgehead atoms. The predicted molar refractivity (Wildman–Crippen MR) is 40.7 cm³/mol. The van der Waals surface area contributed by atoms with Gasteiger partial charge in [-0.1, -0.05) is 0 Å². The molecule has 0 saturated carbocycles. The molecule has 0 aromatic carbocycles. The number of aliphatic carboxylic acids is 1. The van der Waals surface area contributed by atoms with Gasteiger partial charge in [-0.3, -0.25) is 4.79 Å². The van der Waals surface area contributed by atoms with E-state index in [1.54, 1.807) is 0 Å². The number of carboxylic acid groups (broad SMARTS) is 1. The number of aliphatic hydroxyl groups is 4. The molecule has 0 spiro atoms. The minimum absolute atomic E-state index is 0.787. The number of nitrogens with two attached hydrogens (primary N) is 1. The molecule has 0 aliphatic rings. The van der Waals surface area contributed by atoms with Crippen LogP contribution in [0.2, 0.25) is 0 Å². The molecule has 0 heterocycles. The van der Waals surface area contributed by atoms with Crippen molar-refractivity contribution in [3.63, 3.8) is 0 Å². The van der Waals surface area contributed by atoms with Crippen molar-refractivity contribution in [3.05, 3.63) is 0 Å². The van der Waals surface area contributed by atoms with Crippen LogP contribution in [0.5, 0.6) is 0 Å². The van der Waals surface area contributed by atoms with Gasteiger partial charge < -0.3 is 31.3 Å². The highest BCUT2D eigenvalue weighted by Gasteiger charge is 2.32. The van der Waals surface area contributed by atoms with Gasteiger partial charge in [0, 0.05) is 0 Å². The van der Waals surface area contributed by atoms with Crippen LogP contribution < -0.4 is 5.73 Å². The Morgan fingerprint density at radius 3 is 2.00 bits per heavy atom. The molecule has 7 N–H and O–H groups in total. The summed E-state index contributed by atoms with van der Waals surface area (Å²) in [6.07, 6.45) is -5.21. The van der Waals surface area contributed by atoms with Crippen LogP contribution in [-0.2, 0) is 4.79 Å². The maximum absolute atomic E-state index is 10.2. The van der Waals surface area contributed by atoms with E-state index in [-0.39, 0.29) is 0 Å².